The van der Waals surface area contributed by atoms with Gasteiger partial charge in [-0.3, -0.25) is 4.28 Å². The Morgan fingerprint density at radius 3 is 1.81 bits per heavy atom. The van der Waals surface area contributed by atoms with Crippen molar-refractivity contribution >= 4 is 28.5 Å². The van der Waals surface area contributed by atoms with Crippen LogP contribution >= 0.6 is 12.6 Å². The molecule has 0 aromatic heterocycles. The van der Waals surface area contributed by atoms with Crippen molar-refractivity contribution in [2.45, 2.75) is 94.4 Å². The quantitative estimate of drug-likeness (QED) is 0.100. The van der Waals surface area contributed by atoms with Crippen molar-refractivity contribution in [3.8, 4) is 0 Å². The van der Waals surface area contributed by atoms with Crippen molar-refractivity contribution in [3.05, 3.63) is 65.2 Å². The second kappa shape index (κ2) is 15.3. The number of aryl methyl sites for hydroxylation is 1. The van der Waals surface area contributed by atoms with Crippen LogP contribution in [0.3, 0.4) is 0 Å². The fourth-order valence-electron chi connectivity index (χ4n) is 3.80. The Kier molecular flexibility index (Phi) is 12.8. The number of rotatable bonds is 16. The lowest BCUT2D eigenvalue weighted by atomic mass is 10.0. The van der Waals surface area contributed by atoms with Crippen molar-refractivity contribution < 1.29 is 25.9 Å². The fraction of sp³-hybridized carbons (Fsp3) is 0.519. The van der Waals surface area contributed by atoms with E-state index in [0.717, 1.165) is 30.4 Å². The minimum absolute atomic E-state index is 0.245. The normalized spacial score (nSPS) is 12.6. The van der Waals surface area contributed by atoms with Gasteiger partial charge in [-0.05, 0) is 36.1 Å². The van der Waals surface area contributed by atoms with Gasteiger partial charge in [-0.1, -0.05) is 106 Å². The maximum absolute atomic E-state index is 13.5. The Bertz CT molecular complexity index is 1040. The topological polar surface area (TPSA) is 55.7 Å². The van der Waals surface area contributed by atoms with E-state index in [1.54, 1.807) is 12.1 Å². The first-order valence-corrected chi connectivity index (χ1v) is 14.6. The molecule has 0 atom stereocenters. The summed E-state index contributed by atoms with van der Waals surface area (Å²) in [6.45, 7) is 2.22. The molecular formula is C27H36F3NO3S2. The van der Waals surface area contributed by atoms with E-state index in [9.17, 15) is 21.6 Å². The van der Waals surface area contributed by atoms with Gasteiger partial charge in [0.2, 0.25) is 0 Å². The summed E-state index contributed by atoms with van der Waals surface area (Å²) < 4.78 is 69.8. The molecule has 0 bridgehead atoms. The maximum Gasteiger partial charge on any atom is 0.437 e. The molecule has 0 fully saturated rings. The van der Waals surface area contributed by atoms with Gasteiger partial charge in [0.25, 0.3) is 0 Å². The molecule has 2 aromatic carbocycles. The third kappa shape index (κ3) is 10.5. The van der Waals surface area contributed by atoms with Crippen LogP contribution < -0.4 is 0 Å². The molecule has 0 N–H and O–H groups in total. The SMILES string of the molecule is CCCCCCCCCCCCc1ccc(S(=O)(=O)O/N=C(/c2ccc(CS)cc2)C(F)(F)F)cc1. The van der Waals surface area contributed by atoms with E-state index in [1.807, 2.05) is 0 Å². The van der Waals surface area contributed by atoms with Gasteiger partial charge in [-0.25, -0.2) is 0 Å². The molecule has 36 heavy (non-hydrogen) atoms. The number of hydrogen-bond donors (Lipinski definition) is 1. The third-order valence-corrected chi connectivity index (χ3v) is 7.42. The highest BCUT2D eigenvalue weighted by Crippen LogP contribution is 2.25. The van der Waals surface area contributed by atoms with Gasteiger partial charge in [0.05, 0.1) is 0 Å². The minimum Gasteiger partial charge on any atom is -0.264 e. The van der Waals surface area contributed by atoms with Crippen LogP contribution in [0.2, 0.25) is 0 Å². The van der Waals surface area contributed by atoms with E-state index in [1.165, 1.54) is 87.8 Å². The van der Waals surface area contributed by atoms with Gasteiger partial charge in [0.1, 0.15) is 4.90 Å². The molecule has 4 nitrogen and oxygen atoms in total. The van der Waals surface area contributed by atoms with E-state index in [0.29, 0.717) is 5.75 Å². The molecule has 0 aliphatic carbocycles. The Labute approximate surface area is 218 Å². The molecule has 2 rings (SSSR count). The Balaban J connectivity index is 1.88. The monoisotopic (exact) mass is 543 g/mol. The fourth-order valence-corrected chi connectivity index (χ4v) is 4.74. The third-order valence-electron chi connectivity index (χ3n) is 5.94. The van der Waals surface area contributed by atoms with Crippen molar-refractivity contribution in [2.75, 3.05) is 0 Å². The van der Waals surface area contributed by atoms with Crippen molar-refractivity contribution in [1.82, 2.24) is 0 Å². The number of halogens is 3. The number of oxime groups is 1. The van der Waals surface area contributed by atoms with Crippen LogP contribution in [-0.4, -0.2) is 20.3 Å². The minimum atomic E-state index is -4.89. The predicted molar refractivity (Wildman–Crippen MR) is 142 cm³/mol. The average Bonchev–Trinajstić information content (AvgIpc) is 2.85. The van der Waals surface area contributed by atoms with E-state index in [-0.39, 0.29) is 10.5 Å². The summed E-state index contributed by atoms with van der Waals surface area (Å²) in [5, 5.41) is 2.98. The molecule has 2 aromatic rings. The maximum atomic E-state index is 13.5. The molecule has 0 aliphatic rings. The Morgan fingerprint density at radius 1 is 0.806 bits per heavy atom. The van der Waals surface area contributed by atoms with E-state index in [4.69, 9.17) is 0 Å². The number of thiol groups is 1. The molecule has 0 radical (unpaired) electrons. The molecule has 0 saturated carbocycles. The smallest absolute Gasteiger partial charge is 0.264 e. The zero-order valence-electron chi connectivity index (χ0n) is 20.8. The van der Waals surface area contributed by atoms with Crippen molar-refractivity contribution in [2.24, 2.45) is 5.16 Å². The lowest BCUT2D eigenvalue weighted by molar-refractivity contribution is -0.0597. The van der Waals surface area contributed by atoms with Gasteiger partial charge in [-0.2, -0.15) is 34.2 Å². The standard InChI is InChI=1S/C27H36F3NO3S2/c1-2-3-4-5-6-7-8-9-10-11-12-22-15-19-25(20-16-22)36(32,33)34-31-26(27(28,29)30)24-17-13-23(21-35)14-18-24/h13-20,35H,2-12,21H2,1H3/b31-26-. The van der Waals surface area contributed by atoms with E-state index in [2.05, 4.69) is 29.0 Å². The summed E-state index contributed by atoms with van der Waals surface area (Å²) in [6, 6.07) is 11.3. The summed E-state index contributed by atoms with van der Waals surface area (Å²) >= 11 is 4.07. The van der Waals surface area contributed by atoms with E-state index >= 15 is 0 Å². The van der Waals surface area contributed by atoms with Gasteiger partial charge >= 0.3 is 16.3 Å². The molecule has 0 heterocycles. The summed E-state index contributed by atoms with van der Waals surface area (Å²) in [6.07, 6.45) is 8.26. The van der Waals surface area contributed by atoms with E-state index < -0.39 is 22.0 Å². The highest BCUT2D eigenvalue weighted by Gasteiger charge is 2.38. The summed E-state index contributed by atoms with van der Waals surface area (Å²) in [4.78, 5) is -0.245. The molecule has 0 spiro atoms. The molecule has 0 saturated heterocycles. The number of nitrogens with zero attached hydrogens (tertiary/aromatic N) is 1. The molecule has 200 valence electrons. The van der Waals surface area contributed by atoms with Crippen molar-refractivity contribution in [3.63, 3.8) is 0 Å². The molecule has 0 amide bonds. The zero-order valence-corrected chi connectivity index (χ0v) is 22.5. The van der Waals surface area contributed by atoms with Crippen LogP contribution in [0.5, 0.6) is 0 Å². The second-order valence-electron chi connectivity index (χ2n) is 8.90. The predicted octanol–water partition coefficient (Wildman–Crippen LogP) is 8.25. The van der Waals surface area contributed by atoms with Gasteiger partial charge < -0.3 is 0 Å². The number of benzene rings is 2. The highest BCUT2D eigenvalue weighted by molar-refractivity contribution is 7.86. The number of hydrogen-bond acceptors (Lipinski definition) is 5. The molecule has 0 unspecified atom stereocenters. The second-order valence-corrected chi connectivity index (χ2v) is 10.7. The van der Waals surface area contributed by atoms with Gasteiger partial charge in [0.15, 0.2) is 5.71 Å². The Morgan fingerprint density at radius 2 is 1.31 bits per heavy atom. The molecule has 0 aliphatic heterocycles. The van der Waals surface area contributed by atoms with Crippen LogP contribution in [0.25, 0.3) is 0 Å². The molecular weight excluding hydrogens is 507 g/mol. The highest BCUT2D eigenvalue weighted by atomic mass is 32.2. The number of alkyl halides is 3. The summed E-state index contributed by atoms with van der Waals surface area (Å²) in [5.41, 5.74) is -0.0308. The van der Waals surface area contributed by atoms with Crippen LogP contribution in [0.4, 0.5) is 13.2 Å². The number of unbranched alkanes of at least 4 members (excludes halogenated alkanes) is 9. The summed E-state index contributed by atoms with van der Waals surface area (Å²) in [7, 11) is -4.50. The molecule has 9 heteroatoms. The van der Waals surface area contributed by atoms with Crippen LogP contribution in [-0.2, 0) is 26.6 Å². The summed E-state index contributed by atoms with van der Waals surface area (Å²) in [5.74, 6) is 0.360. The van der Waals surface area contributed by atoms with Crippen LogP contribution in [0.1, 0.15) is 87.8 Å². The van der Waals surface area contributed by atoms with Crippen LogP contribution in [0.15, 0.2) is 58.6 Å². The first-order valence-electron chi connectivity index (χ1n) is 12.6. The lowest BCUT2D eigenvalue weighted by Crippen LogP contribution is -2.25. The first kappa shape index (κ1) is 30.2. The lowest BCUT2D eigenvalue weighted by Gasteiger charge is -2.11. The van der Waals surface area contributed by atoms with Crippen molar-refractivity contribution in [1.29, 1.82) is 0 Å². The van der Waals surface area contributed by atoms with Crippen LogP contribution in [0, 0.1) is 0 Å². The van der Waals surface area contributed by atoms with Gasteiger partial charge in [-0.15, -0.1) is 0 Å². The van der Waals surface area contributed by atoms with Gasteiger partial charge in [0, 0.05) is 11.3 Å². The Hall–Kier alpha value is -2.00. The zero-order chi connectivity index (χ0) is 26.4. The average molecular weight is 544 g/mol. The largest absolute Gasteiger partial charge is 0.437 e. The first-order chi connectivity index (χ1) is 17.2.